The second-order valence-corrected chi connectivity index (χ2v) is 5.76. The van der Waals surface area contributed by atoms with Crippen LogP contribution in [0.5, 0.6) is 5.75 Å². The van der Waals surface area contributed by atoms with E-state index in [-0.39, 0.29) is 23.9 Å². The SMILES string of the molecule is COc1ccc(N2C(=O)C3C(C2=O)N3Cc2ccccc2)cc1. The summed E-state index contributed by atoms with van der Waals surface area (Å²) in [5.41, 5.74) is 1.71. The maximum absolute atomic E-state index is 12.5. The van der Waals surface area contributed by atoms with Gasteiger partial charge in [0.1, 0.15) is 17.8 Å². The first-order chi connectivity index (χ1) is 11.2. The normalized spacial score (nSPS) is 25.4. The van der Waals surface area contributed by atoms with Crippen molar-refractivity contribution >= 4 is 17.5 Å². The van der Waals surface area contributed by atoms with E-state index in [9.17, 15) is 9.59 Å². The highest BCUT2D eigenvalue weighted by molar-refractivity contribution is 6.28. The van der Waals surface area contributed by atoms with Crippen molar-refractivity contribution in [2.75, 3.05) is 12.0 Å². The Morgan fingerprint density at radius 1 is 0.913 bits per heavy atom. The van der Waals surface area contributed by atoms with Crippen molar-refractivity contribution < 1.29 is 14.3 Å². The van der Waals surface area contributed by atoms with Gasteiger partial charge < -0.3 is 4.74 Å². The lowest BCUT2D eigenvalue weighted by Gasteiger charge is -2.19. The zero-order valence-electron chi connectivity index (χ0n) is 12.7. The molecule has 23 heavy (non-hydrogen) atoms. The van der Waals surface area contributed by atoms with Crippen molar-refractivity contribution in [3.8, 4) is 5.75 Å². The van der Waals surface area contributed by atoms with Crippen LogP contribution in [0, 0.1) is 0 Å². The molecule has 4 rings (SSSR count). The van der Waals surface area contributed by atoms with Crippen molar-refractivity contribution in [2.24, 2.45) is 0 Å². The van der Waals surface area contributed by atoms with Crippen LogP contribution in [-0.4, -0.2) is 35.9 Å². The molecule has 2 aromatic rings. The summed E-state index contributed by atoms with van der Waals surface area (Å²) in [4.78, 5) is 28.3. The van der Waals surface area contributed by atoms with Crippen LogP contribution in [0.4, 0.5) is 5.69 Å². The van der Waals surface area contributed by atoms with E-state index in [1.165, 1.54) is 4.90 Å². The lowest BCUT2D eigenvalue weighted by Crippen LogP contribution is -2.38. The minimum atomic E-state index is -0.315. The molecule has 0 aromatic heterocycles. The lowest BCUT2D eigenvalue weighted by molar-refractivity contribution is -0.124. The molecule has 0 aliphatic carbocycles. The van der Waals surface area contributed by atoms with Crippen LogP contribution < -0.4 is 9.64 Å². The van der Waals surface area contributed by atoms with Crippen molar-refractivity contribution in [1.82, 2.24) is 4.90 Å². The van der Waals surface area contributed by atoms with Gasteiger partial charge in [0.2, 0.25) is 0 Å². The second kappa shape index (κ2) is 5.21. The predicted octanol–water partition coefficient (Wildman–Crippen LogP) is 1.82. The molecule has 5 nitrogen and oxygen atoms in total. The third kappa shape index (κ3) is 2.21. The number of carbonyl (C=O) groups excluding carboxylic acids is 2. The van der Waals surface area contributed by atoms with Crippen LogP contribution in [0.25, 0.3) is 0 Å². The van der Waals surface area contributed by atoms with Gasteiger partial charge in [-0.1, -0.05) is 30.3 Å². The van der Waals surface area contributed by atoms with E-state index in [1.54, 1.807) is 31.4 Å². The monoisotopic (exact) mass is 308 g/mol. The van der Waals surface area contributed by atoms with Gasteiger partial charge >= 0.3 is 0 Å². The summed E-state index contributed by atoms with van der Waals surface area (Å²) in [6.07, 6.45) is 0. The Labute approximate surface area is 134 Å². The quantitative estimate of drug-likeness (QED) is 0.638. The number of anilines is 1. The van der Waals surface area contributed by atoms with Gasteiger partial charge in [-0.3, -0.25) is 14.5 Å². The molecule has 2 atom stereocenters. The predicted molar refractivity (Wildman–Crippen MR) is 85.0 cm³/mol. The number of rotatable bonds is 4. The third-order valence-electron chi connectivity index (χ3n) is 4.41. The standard InChI is InChI=1S/C18H16N2O3/c1-23-14-9-7-13(8-10-14)20-17(21)15-16(18(20)22)19(15)11-12-5-3-2-4-6-12/h2-10,15-16H,11H2,1H3. The Balaban J connectivity index is 1.51. The molecule has 0 saturated carbocycles. The molecule has 0 spiro atoms. The van der Waals surface area contributed by atoms with Gasteiger partial charge in [0.25, 0.3) is 11.8 Å². The number of methoxy groups -OCH3 is 1. The largest absolute Gasteiger partial charge is 0.497 e. The van der Waals surface area contributed by atoms with Crippen molar-refractivity contribution in [2.45, 2.75) is 18.6 Å². The Bertz CT molecular complexity index is 736. The Hall–Kier alpha value is -2.66. The fraction of sp³-hybridized carbons (Fsp3) is 0.222. The fourth-order valence-electron chi connectivity index (χ4n) is 3.18. The lowest BCUT2D eigenvalue weighted by atomic mass is 10.2. The van der Waals surface area contributed by atoms with Crippen molar-refractivity contribution in [3.63, 3.8) is 0 Å². The number of piperazine rings is 1. The molecule has 2 saturated heterocycles. The first kappa shape index (κ1) is 14.0. The molecule has 0 bridgehead atoms. The number of hydrogen-bond donors (Lipinski definition) is 0. The molecule has 2 aromatic carbocycles. The maximum atomic E-state index is 12.5. The van der Waals surface area contributed by atoms with Gasteiger partial charge in [0.05, 0.1) is 12.8 Å². The molecule has 116 valence electrons. The first-order valence-corrected chi connectivity index (χ1v) is 7.52. The number of carbonyl (C=O) groups is 2. The molecule has 5 heteroatoms. The van der Waals surface area contributed by atoms with Gasteiger partial charge in [-0.05, 0) is 29.8 Å². The van der Waals surface area contributed by atoms with E-state index < -0.39 is 0 Å². The van der Waals surface area contributed by atoms with Gasteiger partial charge in [0.15, 0.2) is 0 Å². The topological polar surface area (TPSA) is 49.6 Å². The van der Waals surface area contributed by atoms with E-state index in [4.69, 9.17) is 4.74 Å². The zero-order chi connectivity index (χ0) is 16.0. The molecule has 2 aliphatic rings. The highest BCUT2D eigenvalue weighted by Gasteiger charge is 2.65. The van der Waals surface area contributed by atoms with Crippen molar-refractivity contribution in [1.29, 1.82) is 0 Å². The smallest absolute Gasteiger partial charge is 0.253 e. The summed E-state index contributed by atoms with van der Waals surface area (Å²) in [7, 11) is 1.58. The van der Waals surface area contributed by atoms with Gasteiger partial charge in [-0.2, -0.15) is 0 Å². The summed E-state index contributed by atoms with van der Waals surface area (Å²) in [5, 5.41) is 0. The van der Waals surface area contributed by atoms with Crippen LogP contribution in [0.1, 0.15) is 5.56 Å². The summed E-state index contributed by atoms with van der Waals surface area (Å²) in [6.45, 7) is 0.629. The van der Waals surface area contributed by atoms with Crippen LogP contribution in [0.2, 0.25) is 0 Å². The minimum Gasteiger partial charge on any atom is -0.497 e. The Kier molecular flexibility index (Phi) is 3.16. The van der Waals surface area contributed by atoms with Crippen LogP contribution in [-0.2, 0) is 16.1 Å². The molecule has 0 N–H and O–H groups in total. The molecular weight excluding hydrogens is 292 g/mol. The third-order valence-corrected chi connectivity index (χ3v) is 4.41. The first-order valence-electron chi connectivity index (χ1n) is 7.52. The molecule has 0 radical (unpaired) electrons. The average molecular weight is 308 g/mol. The molecule has 2 fully saturated rings. The fourth-order valence-corrected chi connectivity index (χ4v) is 3.18. The van der Waals surface area contributed by atoms with Crippen LogP contribution >= 0.6 is 0 Å². The molecule has 2 amide bonds. The van der Waals surface area contributed by atoms with Crippen molar-refractivity contribution in [3.05, 3.63) is 60.2 Å². The van der Waals surface area contributed by atoms with Crippen LogP contribution in [0.15, 0.2) is 54.6 Å². The second-order valence-electron chi connectivity index (χ2n) is 5.76. The van der Waals surface area contributed by atoms with Gasteiger partial charge in [-0.15, -0.1) is 0 Å². The average Bonchev–Trinajstić information content (AvgIpc) is 3.22. The zero-order valence-corrected chi connectivity index (χ0v) is 12.7. The number of nitrogens with zero attached hydrogens (tertiary/aromatic N) is 2. The number of ether oxygens (including phenoxy) is 1. The number of fused-ring (bicyclic) bond motifs is 1. The highest BCUT2D eigenvalue weighted by Crippen LogP contribution is 2.41. The maximum Gasteiger partial charge on any atom is 0.253 e. The summed E-state index contributed by atoms with van der Waals surface area (Å²) < 4.78 is 5.10. The number of hydrogen-bond acceptors (Lipinski definition) is 4. The molecule has 2 heterocycles. The van der Waals surface area contributed by atoms with E-state index in [0.717, 1.165) is 5.56 Å². The molecular formula is C18H16N2O3. The number of imide groups is 1. The van der Waals surface area contributed by atoms with E-state index in [0.29, 0.717) is 18.0 Å². The minimum absolute atomic E-state index is 0.138. The highest BCUT2D eigenvalue weighted by atomic mass is 16.5. The molecule has 2 aliphatic heterocycles. The Morgan fingerprint density at radius 2 is 1.52 bits per heavy atom. The van der Waals surface area contributed by atoms with E-state index in [2.05, 4.69) is 0 Å². The van der Waals surface area contributed by atoms with Gasteiger partial charge in [-0.25, -0.2) is 4.90 Å². The van der Waals surface area contributed by atoms with E-state index >= 15 is 0 Å². The Morgan fingerprint density at radius 3 is 2.09 bits per heavy atom. The summed E-state index contributed by atoms with van der Waals surface area (Å²) >= 11 is 0. The van der Waals surface area contributed by atoms with E-state index in [1.807, 2.05) is 35.2 Å². The number of amides is 2. The van der Waals surface area contributed by atoms with Gasteiger partial charge in [0, 0.05) is 6.54 Å². The summed E-state index contributed by atoms with van der Waals surface area (Å²) in [5.74, 6) is 0.422. The number of benzene rings is 2. The molecule has 2 unspecified atom stereocenters. The summed E-state index contributed by atoms with van der Waals surface area (Å²) in [6, 6.07) is 16.2. The van der Waals surface area contributed by atoms with Crippen LogP contribution in [0.3, 0.4) is 0 Å².